The van der Waals surface area contributed by atoms with Crippen LogP contribution in [0, 0.1) is 6.92 Å². The first kappa shape index (κ1) is 18.1. The third-order valence-electron chi connectivity index (χ3n) is 4.09. The quantitative estimate of drug-likeness (QED) is 0.795. The van der Waals surface area contributed by atoms with Gasteiger partial charge in [-0.3, -0.25) is 4.79 Å². The molecule has 0 aliphatic carbocycles. The molecule has 2 aromatic carbocycles. The lowest BCUT2D eigenvalue weighted by molar-refractivity contribution is -0.117. The molecule has 3 rings (SSSR count). The summed E-state index contributed by atoms with van der Waals surface area (Å²) in [6, 6.07) is 9.20. The van der Waals surface area contributed by atoms with E-state index in [1.165, 1.54) is 6.08 Å². The third kappa shape index (κ3) is 3.94. The number of hydrogen-bond donors (Lipinski definition) is 1. The lowest BCUT2D eigenvalue weighted by Crippen LogP contribution is -2.25. The molecule has 0 saturated heterocycles. The number of amides is 1. The highest BCUT2D eigenvalue weighted by atomic mass is 35.5. The van der Waals surface area contributed by atoms with Crippen LogP contribution in [-0.2, 0) is 4.79 Å². The van der Waals surface area contributed by atoms with Crippen LogP contribution in [0.1, 0.15) is 29.7 Å². The van der Waals surface area contributed by atoms with Crippen molar-refractivity contribution in [3.05, 3.63) is 58.1 Å². The lowest BCUT2D eigenvalue weighted by Gasteiger charge is -2.17. The fourth-order valence-corrected chi connectivity index (χ4v) is 3.06. The number of aryl methyl sites for hydroxylation is 1. The first-order valence-electron chi connectivity index (χ1n) is 8.20. The second-order valence-corrected chi connectivity index (χ2v) is 6.45. The number of carbonyl (C=O) groups is 1. The van der Waals surface area contributed by atoms with Gasteiger partial charge in [0, 0.05) is 11.6 Å². The third-order valence-corrected chi connectivity index (χ3v) is 4.37. The largest absolute Gasteiger partial charge is 0.496 e. The molecule has 0 radical (unpaired) electrons. The van der Waals surface area contributed by atoms with Gasteiger partial charge in [-0.15, -0.1) is 0 Å². The van der Waals surface area contributed by atoms with Crippen molar-refractivity contribution < 1.29 is 19.0 Å². The minimum atomic E-state index is -0.213. The molecule has 1 amide bonds. The standard InChI is InChI=1S/C20H20ClNO4/c1-12-4-6-17(24-3)15(8-12)13(2)22-19(23)7-5-14-9-16(21)20-18(10-14)25-11-26-20/h4-10,13H,11H2,1-3H3,(H,22,23)/b7-5+/t13-/m0/s1. The van der Waals surface area contributed by atoms with Crippen molar-refractivity contribution in [3.63, 3.8) is 0 Å². The fraction of sp³-hybridized carbons (Fsp3) is 0.250. The van der Waals surface area contributed by atoms with E-state index in [9.17, 15) is 4.79 Å². The van der Waals surface area contributed by atoms with E-state index in [2.05, 4.69) is 5.32 Å². The van der Waals surface area contributed by atoms with Gasteiger partial charge in [-0.25, -0.2) is 0 Å². The van der Waals surface area contributed by atoms with E-state index in [0.29, 0.717) is 16.5 Å². The molecule has 1 atom stereocenters. The van der Waals surface area contributed by atoms with Gasteiger partial charge in [0.05, 0.1) is 18.2 Å². The SMILES string of the molecule is COc1ccc(C)cc1[C@H](C)NC(=O)/C=C/c1cc(Cl)c2c(c1)OCO2. The summed E-state index contributed by atoms with van der Waals surface area (Å²) in [4.78, 5) is 12.3. The van der Waals surface area contributed by atoms with Crippen LogP contribution in [-0.4, -0.2) is 19.8 Å². The Bertz CT molecular complexity index is 863. The van der Waals surface area contributed by atoms with Crippen LogP contribution in [0.3, 0.4) is 0 Å². The van der Waals surface area contributed by atoms with Crippen LogP contribution in [0.2, 0.25) is 5.02 Å². The van der Waals surface area contributed by atoms with Gasteiger partial charge in [0.25, 0.3) is 0 Å². The zero-order valence-electron chi connectivity index (χ0n) is 14.8. The first-order chi connectivity index (χ1) is 12.5. The molecule has 2 aromatic rings. The summed E-state index contributed by atoms with van der Waals surface area (Å²) in [5.41, 5.74) is 2.79. The van der Waals surface area contributed by atoms with E-state index in [1.54, 1.807) is 25.3 Å². The molecular formula is C20H20ClNO4. The molecule has 0 bridgehead atoms. The Balaban J connectivity index is 1.70. The Morgan fingerprint density at radius 3 is 2.88 bits per heavy atom. The van der Waals surface area contributed by atoms with Crippen molar-refractivity contribution in [3.8, 4) is 17.2 Å². The van der Waals surface area contributed by atoms with Crippen LogP contribution in [0.5, 0.6) is 17.2 Å². The molecule has 0 aromatic heterocycles. The number of rotatable bonds is 5. The van der Waals surface area contributed by atoms with Crippen molar-refractivity contribution in [1.82, 2.24) is 5.32 Å². The number of hydrogen-bond acceptors (Lipinski definition) is 4. The Morgan fingerprint density at radius 2 is 2.12 bits per heavy atom. The molecule has 1 N–H and O–H groups in total. The molecule has 5 nitrogen and oxygen atoms in total. The molecular weight excluding hydrogens is 354 g/mol. The van der Waals surface area contributed by atoms with Crippen molar-refractivity contribution in [2.24, 2.45) is 0 Å². The summed E-state index contributed by atoms with van der Waals surface area (Å²) >= 11 is 6.15. The summed E-state index contributed by atoms with van der Waals surface area (Å²) in [6.07, 6.45) is 3.15. The maximum Gasteiger partial charge on any atom is 0.244 e. The first-order valence-corrected chi connectivity index (χ1v) is 8.58. The highest BCUT2D eigenvalue weighted by Crippen LogP contribution is 2.40. The zero-order valence-corrected chi connectivity index (χ0v) is 15.6. The number of ether oxygens (including phenoxy) is 3. The summed E-state index contributed by atoms with van der Waals surface area (Å²) in [6.45, 7) is 4.07. The van der Waals surface area contributed by atoms with Crippen molar-refractivity contribution in [2.75, 3.05) is 13.9 Å². The minimum absolute atomic E-state index is 0.151. The van der Waals surface area contributed by atoms with E-state index < -0.39 is 0 Å². The summed E-state index contributed by atoms with van der Waals surface area (Å²) in [7, 11) is 1.62. The van der Waals surface area contributed by atoms with Crippen LogP contribution in [0.4, 0.5) is 0 Å². The molecule has 1 heterocycles. The number of nitrogens with one attached hydrogen (secondary N) is 1. The monoisotopic (exact) mass is 373 g/mol. The summed E-state index contributed by atoms with van der Waals surface area (Å²) < 4.78 is 16.0. The van der Waals surface area contributed by atoms with Crippen molar-refractivity contribution in [2.45, 2.75) is 19.9 Å². The molecule has 136 valence electrons. The molecule has 0 saturated carbocycles. The zero-order chi connectivity index (χ0) is 18.7. The molecule has 6 heteroatoms. The Labute approximate surface area is 157 Å². The number of methoxy groups -OCH3 is 1. The van der Waals surface area contributed by atoms with Crippen LogP contribution < -0.4 is 19.5 Å². The molecule has 1 aliphatic heterocycles. The van der Waals surface area contributed by atoms with Crippen molar-refractivity contribution >= 4 is 23.6 Å². The van der Waals surface area contributed by atoms with E-state index in [0.717, 1.165) is 22.4 Å². The normalized spacial score (nSPS) is 13.7. The molecule has 26 heavy (non-hydrogen) atoms. The number of halogens is 1. The second-order valence-electron chi connectivity index (χ2n) is 6.05. The van der Waals surface area contributed by atoms with Gasteiger partial charge < -0.3 is 19.5 Å². The molecule has 0 unspecified atom stereocenters. The Kier molecular flexibility index (Phi) is 5.38. The highest BCUT2D eigenvalue weighted by molar-refractivity contribution is 6.32. The average molecular weight is 374 g/mol. The minimum Gasteiger partial charge on any atom is -0.496 e. The van der Waals surface area contributed by atoms with E-state index in [1.807, 2.05) is 32.0 Å². The van der Waals surface area contributed by atoms with Gasteiger partial charge in [0.2, 0.25) is 12.7 Å². The van der Waals surface area contributed by atoms with Gasteiger partial charge in [0.15, 0.2) is 11.5 Å². The van der Waals surface area contributed by atoms with Gasteiger partial charge in [-0.1, -0.05) is 29.3 Å². The number of benzene rings is 2. The van der Waals surface area contributed by atoms with Crippen molar-refractivity contribution in [1.29, 1.82) is 0 Å². The number of fused-ring (bicyclic) bond motifs is 1. The topological polar surface area (TPSA) is 56.8 Å². The fourth-order valence-electron chi connectivity index (χ4n) is 2.79. The lowest BCUT2D eigenvalue weighted by atomic mass is 10.0. The van der Waals surface area contributed by atoms with Gasteiger partial charge >= 0.3 is 0 Å². The number of carbonyl (C=O) groups excluding carboxylic acids is 1. The van der Waals surface area contributed by atoms with E-state index in [-0.39, 0.29) is 18.7 Å². The van der Waals surface area contributed by atoms with Crippen LogP contribution >= 0.6 is 11.6 Å². The molecule has 0 spiro atoms. The second kappa shape index (κ2) is 7.70. The molecule has 1 aliphatic rings. The van der Waals surface area contributed by atoms with Crippen LogP contribution in [0.25, 0.3) is 6.08 Å². The maximum absolute atomic E-state index is 12.3. The van der Waals surface area contributed by atoms with Gasteiger partial charge in [-0.2, -0.15) is 0 Å². The average Bonchev–Trinajstić information content (AvgIpc) is 3.09. The summed E-state index contributed by atoms with van der Waals surface area (Å²) in [5.74, 6) is 1.65. The van der Waals surface area contributed by atoms with Crippen LogP contribution in [0.15, 0.2) is 36.4 Å². The van der Waals surface area contributed by atoms with Gasteiger partial charge in [-0.05, 0) is 43.7 Å². The molecule has 0 fully saturated rings. The van der Waals surface area contributed by atoms with E-state index >= 15 is 0 Å². The van der Waals surface area contributed by atoms with Gasteiger partial charge in [0.1, 0.15) is 5.75 Å². The predicted molar refractivity (Wildman–Crippen MR) is 101 cm³/mol. The Hall–Kier alpha value is -2.66. The predicted octanol–water partition coefficient (Wildman–Crippen LogP) is 4.28. The Morgan fingerprint density at radius 1 is 1.31 bits per heavy atom. The highest BCUT2D eigenvalue weighted by Gasteiger charge is 2.18. The smallest absolute Gasteiger partial charge is 0.244 e. The van der Waals surface area contributed by atoms with E-state index in [4.69, 9.17) is 25.8 Å². The maximum atomic E-state index is 12.3. The summed E-state index contributed by atoms with van der Waals surface area (Å²) in [5, 5.41) is 3.40.